The highest BCUT2D eigenvalue weighted by molar-refractivity contribution is 6.55. The van der Waals surface area contributed by atoms with Gasteiger partial charge in [-0.2, -0.15) is 0 Å². The average Bonchev–Trinajstić information content (AvgIpc) is 2.43. The van der Waals surface area contributed by atoms with Crippen LogP contribution in [0, 0.1) is 0 Å². The van der Waals surface area contributed by atoms with E-state index in [0.29, 0.717) is 13.2 Å². The first kappa shape index (κ1) is 17.6. The summed E-state index contributed by atoms with van der Waals surface area (Å²) in [6.45, 7) is 12.6. The van der Waals surface area contributed by atoms with E-state index < -0.39 is 15.0 Å². The van der Waals surface area contributed by atoms with Crippen LogP contribution < -0.4 is 0 Å². The number of rotatable bonds is 6. The normalized spacial score (nSPS) is 35.3. The van der Waals surface area contributed by atoms with Crippen molar-refractivity contribution in [3.63, 3.8) is 0 Å². The van der Waals surface area contributed by atoms with Crippen molar-refractivity contribution in [3.8, 4) is 0 Å². The van der Waals surface area contributed by atoms with E-state index in [1.165, 1.54) is 0 Å². The van der Waals surface area contributed by atoms with Gasteiger partial charge in [0, 0.05) is 6.08 Å². The first-order valence-electron chi connectivity index (χ1n) is 8.23. The second-order valence-corrected chi connectivity index (χ2v) is 8.06. The molecule has 3 fully saturated rings. The number of fused-ring (bicyclic) bond motifs is 6. The lowest BCUT2D eigenvalue weighted by molar-refractivity contribution is -0.933. The lowest BCUT2D eigenvalue weighted by Crippen LogP contribution is -2.66. The summed E-state index contributed by atoms with van der Waals surface area (Å²) in [5, 5.41) is 0. The van der Waals surface area contributed by atoms with Crippen molar-refractivity contribution >= 4 is 15.0 Å². The molecule has 0 spiro atoms. The molecule has 0 radical (unpaired) electrons. The maximum absolute atomic E-state index is 11.7. The van der Waals surface area contributed by atoms with E-state index >= 15 is 0 Å². The van der Waals surface area contributed by atoms with Crippen LogP contribution in [0.2, 0.25) is 0 Å². The second-order valence-electron chi connectivity index (χ2n) is 6.05. The molecule has 0 N–H and O–H groups in total. The van der Waals surface area contributed by atoms with Crippen LogP contribution in [0.1, 0.15) is 33.1 Å². The molecule has 3 heterocycles. The van der Waals surface area contributed by atoms with E-state index in [1.807, 2.05) is 0 Å². The van der Waals surface area contributed by atoms with Gasteiger partial charge in [0.05, 0.1) is 19.8 Å². The Balaban J connectivity index is 2.22. The molecule has 3 aliphatic heterocycles. The highest BCUT2D eigenvalue weighted by Gasteiger charge is 2.56. The molecule has 0 aromatic rings. The molecular weight excluding hydrogens is 302 g/mol. The van der Waals surface area contributed by atoms with Gasteiger partial charge in [0.15, 0.2) is 0 Å². The quantitative estimate of drug-likeness (QED) is 0.421. The maximum Gasteiger partial charge on any atom is 0.752 e. The molecule has 3 aliphatic rings. The fourth-order valence-electron chi connectivity index (χ4n) is 3.32. The van der Waals surface area contributed by atoms with Gasteiger partial charge in [-0.15, -0.1) is 0 Å². The monoisotopic (exact) mass is 330 g/mol. The third kappa shape index (κ3) is 4.17. The lowest BCUT2D eigenvalue weighted by atomic mass is 10.1. The molecule has 2 bridgehead atoms. The first-order valence-corrected chi connectivity index (χ1v) is 9.86. The predicted molar refractivity (Wildman–Crippen MR) is 83.7 cm³/mol. The molecule has 126 valence electrons. The van der Waals surface area contributed by atoms with Gasteiger partial charge < -0.3 is 22.2 Å². The van der Waals surface area contributed by atoms with Crippen molar-refractivity contribution in [3.05, 3.63) is 12.7 Å². The summed E-state index contributed by atoms with van der Waals surface area (Å²) < 4.78 is 24.2. The van der Waals surface area contributed by atoms with Gasteiger partial charge in [0.1, 0.15) is 25.7 Å². The molecule has 0 aliphatic carbocycles. The van der Waals surface area contributed by atoms with Crippen LogP contribution in [0.15, 0.2) is 12.7 Å². The third-order valence-electron chi connectivity index (χ3n) is 4.29. The molecule has 0 amide bonds. The van der Waals surface area contributed by atoms with E-state index in [1.54, 1.807) is 0 Å². The summed E-state index contributed by atoms with van der Waals surface area (Å²) in [5.41, 5.74) is 0. The van der Waals surface area contributed by atoms with Gasteiger partial charge in [-0.05, 0) is 12.8 Å². The van der Waals surface area contributed by atoms with Crippen LogP contribution in [-0.2, 0) is 22.5 Å². The van der Waals surface area contributed by atoms with E-state index in [4.69, 9.17) is 17.7 Å². The van der Waals surface area contributed by atoms with E-state index in [0.717, 1.165) is 56.0 Å². The van der Waals surface area contributed by atoms with Crippen molar-refractivity contribution in [2.24, 2.45) is 0 Å². The van der Waals surface area contributed by atoms with Crippen molar-refractivity contribution in [1.82, 2.24) is 0 Å². The Bertz CT molecular complexity index is 393. The Morgan fingerprint density at radius 2 is 2.00 bits per heavy atom. The Morgan fingerprint density at radius 1 is 1.32 bits per heavy atom. The van der Waals surface area contributed by atoms with Crippen LogP contribution in [0.25, 0.3) is 0 Å². The molecule has 7 heteroatoms. The minimum Gasteiger partial charge on any atom is -0.449 e. The number of carbonyl (C=O) groups excluding carboxylic acids is 1. The lowest BCUT2D eigenvalue weighted by Gasteiger charge is -2.46. The molecule has 0 aromatic carbocycles. The van der Waals surface area contributed by atoms with Crippen LogP contribution in [-0.4, -0.2) is 65.0 Å². The summed E-state index contributed by atoms with van der Waals surface area (Å²) in [4.78, 5) is 11.7. The minimum atomic E-state index is -3.40. The average molecular weight is 330 g/mol. The van der Waals surface area contributed by atoms with Crippen molar-refractivity contribution in [1.29, 1.82) is 0 Å². The fraction of sp³-hybridized carbons (Fsp3) is 0.800. The number of quaternary nitrogens is 1. The van der Waals surface area contributed by atoms with Crippen LogP contribution in [0.4, 0.5) is 0 Å². The van der Waals surface area contributed by atoms with Crippen LogP contribution in [0.5, 0.6) is 0 Å². The highest BCUT2D eigenvalue weighted by atomic mass is 28.4. The van der Waals surface area contributed by atoms with Gasteiger partial charge in [-0.3, -0.25) is 0 Å². The number of nitrogens with zero attached hydrogens (tertiary/aromatic N) is 1. The van der Waals surface area contributed by atoms with Crippen LogP contribution in [0.3, 0.4) is 0 Å². The van der Waals surface area contributed by atoms with Gasteiger partial charge in [-0.1, -0.05) is 26.8 Å². The van der Waals surface area contributed by atoms with Crippen LogP contribution >= 0.6 is 0 Å². The van der Waals surface area contributed by atoms with Gasteiger partial charge >= 0.3 is 15.0 Å². The number of hydrogen-bond acceptors (Lipinski definition) is 5. The molecule has 0 saturated carbocycles. The van der Waals surface area contributed by atoms with Gasteiger partial charge in [0.2, 0.25) is 0 Å². The summed E-state index contributed by atoms with van der Waals surface area (Å²) in [6.07, 6.45) is 4.17. The Morgan fingerprint density at radius 3 is 2.55 bits per heavy atom. The van der Waals surface area contributed by atoms with Gasteiger partial charge in [-0.25, -0.2) is 4.79 Å². The second kappa shape index (κ2) is 7.70. The largest absolute Gasteiger partial charge is 0.752 e. The maximum atomic E-state index is 11.7. The van der Waals surface area contributed by atoms with Crippen molar-refractivity contribution < 1.29 is 27.0 Å². The molecular formula is C15H28NO5Si+. The summed E-state index contributed by atoms with van der Waals surface area (Å²) in [7, 11) is -3.40. The topological polar surface area (TPSA) is 54.0 Å². The zero-order valence-corrected chi connectivity index (χ0v) is 14.7. The van der Waals surface area contributed by atoms with Gasteiger partial charge in [0.25, 0.3) is 0 Å². The van der Waals surface area contributed by atoms with E-state index in [2.05, 4.69) is 20.4 Å². The Kier molecular flexibility index (Phi) is 6.16. The molecule has 3 rings (SSSR count). The predicted octanol–water partition coefficient (Wildman–Crippen LogP) is 1.62. The summed E-state index contributed by atoms with van der Waals surface area (Å²) in [6, 6.07) is 0. The Hall–Kier alpha value is -0.733. The van der Waals surface area contributed by atoms with Crippen molar-refractivity contribution in [2.45, 2.75) is 39.2 Å². The smallest absolute Gasteiger partial charge is 0.449 e. The number of hydrogen-bond donors (Lipinski definition) is 0. The SMILES string of the molecule is C=CC(=O)O[Si]12OCC[N+](CCC)(CCO1)CC(CCC)O2. The third-order valence-corrected chi connectivity index (χ3v) is 6.48. The number of carbonyl (C=O) groups is 1. The first-order chi connectivity index (χ1) is 10.6. The van der Waals surface area contributed by atoms with E-state index in [9.17, 15) is 4.79 Å². The molecule has 3 saturated heterocycles. The standard InChI is InChI=1S/C15H28NO5Si/c1-4-7-14-13-16(8-5-2)9-11-18-22(20-14,19-12-10-16)21-15(17)6-3/h6,14H,3-5,7-13H2,1-2H3/q+1. The molecule has 6 nitrogen and oxygen atoms in total. The molecule has 1 atom stereocenters. The van der Waals surface area contributed by atoms with Crippen molar-refractivity contribution in [2.75, 3.05) is 39.4 Å². The van der Waals surface area contributed by atoms with E-state index in [-0.39, 0.29) is 6.10 Å². The summed E-state index contributed by atoms with van der Waals surface area (Å²) >= 11 is 0. The zero-order valence-electron chi connectivity index (χ0n) is 13.7. The molecule has 0 aromatic heterocycles. The fourth-order valence-corrected chi connectivity index (χ4v) is 5.31. The highest BCUT2D eigenvalue weighted by Crippen LogP contribution is 2.27. The minimum absolute atomic E-state index is 0.00133. The Labute approximate surface area is 134 Å². The summed E-state index contributed by atoms with van der Waals surface area (Å²) in [5.74, 6) is -0.544. The molecule has 1 unspecified atom stereocenters. The zero-order chi connectivity index (χ0) is 16.1. The molecule has 22 heavy (non-hydrogen) atoms.